The summed E-state index contributed by atoms with van der Waals surface area (Å²) < 4.78 is 0. The number of halogens is 1. The molecule has 0 spiro atoms. The van der Waals surface area contributed by atoms with E-state index in [-0.39, 0.29) is 5.78 Å². The van der Waals surface area contributed by atoms with Crippen molar-refractivity contribution in [2.75, 3.05) is 5.32 Å². The van der Waals surface area contributed by atoms with Crippen LogP contribution in [0.3, 0.4) is 0 Å². The lowest BCUT2D eigenvalue weighted by molar-refractivity contribution is -0.150. The zero-order chi connectivity index (χ0) is 13.6. The number of hydrogen-bond donors (Lipinski definition) is 2. The lowest BCUT2D eigenvalue weighted by Crippen LogP contribution is -2.46. The second-order valence-electron chi connectivity index (χ2n) is 5.18. The minimum Gasteiger partial charge on any atom is -0.375 e. The van der Waals surface area contributed by atoms with Crippen molar-refractivity contribution in [2.24, 2.45) is 5.92 Å². The third-order valence-corrected chi connectivity index (χ3v) is 4.28. The van der Waals surface area contributed by atoms with Crippen LogP contribution in [0.1, 0.15) is 31.2 Å². The number of anilines is 1. The Hall–Kier alpha value is -1.39. The molecule has 1 amide bonds. The van der Waals surface area contributed by atoms with Gasteiger partial charge in [0.05, 0.1) is 5.92 Å². The Morgan fingerprint density at radius 2 is 2.11 bits per heavy atom. The van der Waals surface area contributed by atoms with Gasteiger partial charge in [0, 0.05) is 22.7 Å². The molecular weight excluding hydrogens is 266 g/mol. The number of hydrogen-bond acceptors (Lipinski definition) is 3. The van der Waals surface area contributed by atoms with Crippen LogP contribution in [0.2, 0.25) is 5.02 Å². The minimum atomic E-state index is -1.77. The van der Waals surface area contributed by atoms with Crippen molar-refractivity contribution in [1.82, 2.24) is 0 Å². The fourth-order valence-electron chi connectivity index (χ4n) is 3.05. The number of carbonyl (C=O) groups excluding carboxylic acids is 2. The van der Waals surface area contributed by atoms with Crippen LogP contribution in [0.15, 0.2) is 18.2 Å². The molecule has 0 aromatic heterocycles. The average Bonchev–Trinajstić information content (AvgIpc) is 2.64. The zero-order valence-corrected chi connectivity index (χ0v) is 11.0. The number of rotatable bonds is 1. The molecule has 100 valence electrons. The molecule has 1 heterocycles. The van der Waals surface area contributed by atoms with Crippen molar-refractivity contribution in [1.29, 1.82) is 0 Å². The van der Waals surface area contributed by atoms with Gasteiger partial charge in [-0.05, 0) is 31.0 Å². The van der Waals surface area contributed by atoms with E-state index in [0.29, 0.717) is 29.1 Å². The van der Waals surface area contributed by atoms with Gasteiger partial charge in [-0.25, -0.2) is 0 Å². The van der Waals surface area contributed by atoms with Crippen molar-refractivity contribution in [3.05, 3.63) is 28.8 Å². The molecule has 2 N–H and O–H groups in total. The molecule has 5 heteroatoms. The van der Waals surface area contributed by atoms with Crippen molar-refractivity contribution in [2.45, 2.75) is 31.3 Å². The standard InChI is InChI=1S/C14H14ClNO3/c15-8-5-6-11-10(7-8)14(19,13(18)16-11)9-3-1-2-4-12(9)17/h5-7,9,19H,1-4H2,(H,16,18)/t9-,14-/m1/s1. The molecule has 1 saturated carbocycles. The summed E-state index contributed by atoms with van der Waals surface area (Å²) in [6.45, 7) is 0. The van der Waals surface area contributed by atoms with E-state index in [9.17, 15) is 14.7 Å². The number of fused-ring (bicyclic) bond motifs is 1. The summed E-state index contributed by atoms with van der Waals surface area (Å²) in [7, 11) is 0. The molecule has 1 aromatic carbocycles. The highest BCUT2D eigenvalue weighted by Gasteiger charge is 2.53. The number of carbonyl (C=O) groups is 2. The van der Waals surface area contributed by atoms with Gasteiger partial charge in [-0.3, -0.25) is 9.59 Å². The first kappa shape index (κ1) is 12.6. The van der Waals surface area contributed by atoms with Crippen LogP contribution in [0.5, 0.6) is 0 Å². The maximum atomic E-state index is 12.2. The Bertz CT molecular complexity index is 572. The summed E-state index contributed by atoms with van der Waals surface area (Å²) in [6.07, 6.45) is 2.64. The first-order chi connectivity index (χ1) is 9.03. The molecule has 1 fully saturated rings. The summed E-state index contributed by atoms with van der Waals surface area (Å²) in [6, 6.07) is 4.87. The molecule has 2 aliphatic rings. The smallest absolute Gasteiger partial charge is 0.261 e. The molecular formula is C14H14ClNO3. The summed E-state index contributed by atoms with van der Waals surface area (Å²) in [5, 5.41) is 13.9. The lowest BCUT2D eigenvalue weighted by atomic mass is 9.73. The van der Waals surface area contributed by atoms with E-state index in [1.807, 2.05) is 0 Å². The van der Waals surface area contributed by atoms with Crippen LogP contribution in [0, 0.1) is 5.92 Å². The summed E-state index contributed by atoms with van der Waals surface area (Å²) in [5.74, 6) is -1.23. The Kier molecular flexibility index (Phi) is 2.87. The van der Waals surface area contributed by atoms with Crippen LogP contribution in [0.25, 0.3) is 0 Å². The molecule has 3 rings (SSSR count). The maximum Gasteiger partial charge on any atom is 0.261 e. The average molecular weight is 280 g/mol. The Morgan fingerprint density at radius 3 is 2.84 bits per heavy atom. The highest BCUT2D eigenvalue weighted by atomic mass is 35.5. The Morgan fingerprint density at radius 1 is 1.32 bits per heavy atom. The van der Waals surface area contributed by atoms with Gasteiger partial charge in [0.15, 0.2) is 5.60 Å². The molecule has 0 radical (unpaired) electrons. The number of amides is 1. The van der Waals surface area contributed by atoms with Gasteiger partial charge in [0.1, 0.15) is 5.78 Å². The number of ketones is 1. The van der Waals surface area contributed by atoms with Crippen molar-refractivity contribution < 1.29 is 14.7 Å². The Balaban J connectivity index is 2.10. The molecule has 1 aliphatic heterocycles. The maximum absolute atomic E-state index is 12.2. The summed E-state index contributed by atoms with van der Waals surface area (Å²) in [4.78, 5) is 24.2. The summed E-state index contributed by atoms with van der Waals surface area (Å²) in [5.41, 5.74) is -0.807. The van der Waals surface area contributed by atoms with Gasteiger partial charge < -0.3 is 10.4 Å². The van der Waals surface area contributed by atoms with E-state index in [1.54, 1.807) is 18.2 Å². The summed E-state index contributed by atoms with van der Waals surface area (Å²) >= 11 is 5.94. The van der Waals surface area contributed by atoms with Gasteiger partial charge in [-0.1, -0.05) is 18.0 Å². The molecule has 4 nitrogen and oxygen atoms in total. The molecule has 0 bridgehead atoms. The van der Waals surface area contributed by atoms with Gasteiger partial charge in [0.2, 0.25) is 0 Å². The van der Waals surface area contributed by atoms with E-state index in [0.717, 1.165) is 12.8 Å². The fraction of sp³-hybridized carbons (Fsp3) is 0.429. The van der Waals surface area contributed by atoms with Crippen LogP contribution in [0.4, 0.5) is 5.69 Å². The highest BCUT2D eigenvalue weighted by molar-refractivity contribution is 6.31. The topological polar surface area (TPSA) is 66.4 Å². The van der Waals surface area contributed by atoms with Crippen molar-refractivity contribution >= 4 is 29.0 Å². The van der Waals surface area contributed by atoms with E-state index in [2.05, 4.69) is 5.32 Å². The third-order valence-electron chi connectivity index (χ3n) is 4.05. The van der Waals surface area contributed by atoms with Crippen molar-refractivity contribution in [3.63, 3.8) is 0 Å². The predicted octanol–water partition coefficient (Wildman–Crippen LogP) is 2.24. The SMILES string of the molecule is O=C1CCCC[C@H]1[C@]1(O)C(=O)Nc2ccc(Cl)cc21. The molecule has 1 aromatic rings. The number of Topliss-reactive ketones (excluding diaryl/α,β-unsaturated/α-hetero) is 1. The molecule has 1 aliphatic carbocycles. The Labute approximate surface area is 115 Å². The number of nitrogens with one attached hydrogen (secondary N) is 1. The lowest BCUT2D eigenvalue weighted by Gasteiger charge is -2.32. The zero-order valence-electron chi connectivity index (χ0n) is 10.3. The van der Waals surface area contributed by atoms with Gasteiger partial charge in [0.25, 0.3) is 5.91 Å². The van der Waals surface area contributed by atoms with E-state index >= 15 is 0 Å². The van der Waals surface area contributed by atoms with Crippen LogP contribution < -0.4 is 5.32 Å². The van der Waals surface area contributed by atoms with Crippen LogP contribution in [-0.4, -0.2) is 16.8 Å². The molecule has 19 heavy (non-hydrogen) atoms. The third kappa shape index (κ3) is 1.78. The fourth-order valence-corrected chi connectivity index (χ4v) is 3.22. The van der Waals surface area contributed by atoms with Crippen molar-refractivity contribution in [3.8, 4) is 0 Å². The second-order valence-corrected chi connectivity index (χ2v) is 5.61. The minimum absolute atomic E-state index is 0.0447. The second kappa shape index (κ2) is 4.32. The molecule has 0 saturated heterocycles. The van der Waals surface area contributed by atoms with Crippen LogP contribution in [-0.2, 0) is 15.2 Å². The van der Waals surface area contributed by atoms with E-state index in [1.165, 1.54) is 0 Å². The first-order valence-corrected chi connectivity index (χ1v) is 6.78. The van der Waals surface area contributed by atoms with E-state index in [4.69, 9.17) is 11.6 Å². The van der Waals surface area contributed by atoms with Gasteiger partial charge in [-0.2, -0.15) is 0 Å². The number of benzene rings is 1. The molecule has 0 unspecified atom stereocenters. The van der Waals surface area contributed by atoms with Gasteiger partial charge >= 0.3 is 0 Å². The largest absolute Gasteiger partial charge is 0.375 e. The van der Waals surface area contributed by atoms with Gasteiger partial charge in [-0.15, -0.1) is 0 Å². The normalized spacial score (nSPS) is 30.1. The van der Waals surface area contributed by atoms with Crippen LogP contribution >= 0.6 is 11.6 Å². The van der Waals surface area contributed by atoms with E-state index < -0.39 is 17.4 Å². The number of aliphatic hydroxyl groups is 1. The first-order valence-electron chi connectivity index (χ1n) is 6.40. The highest BCUT2D eigenvalue weighted by Crippen LogP contribution is 2.45. The molecule has 2 atom stereocenters. The predicted molar refractivity (Wildman–Crippen MR) is 70.9 cm³/mol. The monoisotopic (exact) mass is 279 g/mol. The quantitative estimate of drug-likeness (QED) is 0.828.